The van der Waals surface area contributed by atoms with Gasteiger partial charge in [0.2, 0.25) is 0 Å². The zero-order valence-electron chi connectivity index (χ0n) is 8.71. The minimum Gasteiger partial charge on any atom is -0.189 e. The van der Waals surface area contributed by atoms with E-state index in [1.54, 1.807) is 12.1 Å². The fourth-order valence-corrected chi connectivity index (χ4v) is 5.80. The Bertz CT molecular complexity index is 479. The van der Waals surface area contributed by atoms with Crippen LogP contribution in [-0.2, 0) is 10.2 Å². The van der Waals surface area contributed by atoms with E-state index in [1.807, 2.05) is 19.6 Å². The first-order valence-corrected chi connectivity index (χ1v) is 10.1. The van der Waals surface area contributed by atoms with Crippen molar-refractivity contribution in [3.05, 3.63) is 22.7 Å². The maximum absolute atomic E-state index is 13.1. The molecular formula is C9H12BrFO2SSi. The van der Waals surface area contributed by atoms with Crippen molar-refractivity contribution in [3.63, 3.8) is 0 Å². The molecule has 0 aromatic heterocycles. The summed E-state index contributed by atoms with van der Waals surface area (Å²) in [5.41, 5.74) is 0. The van der Waals surface area contributed by atoms with Gasteiger partial charge in [0, 0.05) is 4.47 Å². The predicted molar refractivity (Wildman–Crippen MR) is 65.4 cm³/mol. The van der Waals surface area contributed by atoms with Crippen LogP contribution in [0.3, 0.4) is 0 Å². The lowest BCUT2D eigenvalue weighted by molar-refractivity contribution is 0.552. The zero-order valence-corrected chi connectivity index (χ0v) is 12.1. The van der Waals surface area contributed by atoms with Gasteiger partial charge in [-0.2, -0.15) is 8.42 Å². The molecule has 0 saturated carbocycles. The summed E-state index contributed by atoms with van der Waals surface area (Å²) in [7, 11) is -6.53. The van der Waals surface area contributed by atoms with E-state index in [2.05, 4.69) is 15.9 Å². The van der Waals surface area contributed by atoms with Gasteiger partial charge in [0.1, 0.15) is 4.90 Å². The molecule has 0 spiro atoms. The first kappa shape index (κ1) is 12.9. The summed E-state index contributed by atoms with van der Waals surface area (Å²) >= 11 is 3.08. The molecule has 0 fully saturated rings. The van der Waals surface area contributed by atoms with Crippen molar-refractivity contribution in [1.29, 1.82) is 0 Å². The normalized spacial score (nSPS) is 12.9. The number of rotatable bonds is 2. The smallest absolute Gasteiger partial charge is 0.189 e. The van der Waals surface area contributed by atoms with E-state index >= 15 is 0 Å². The predicted octanol–water partition coefficient (Wildman–Crippen LogP) is 2.65. The minimum atomic E-state index is -4.66. The molecule has 0 aliphatic rings. The average molecular weight is 311 g/mol. The summed E-state index contributed by atoms with van der Waals surface area (Å²) in [6.45, 7) is 5.93. The number of halogens is 2. The van der Waals surface area contributed by atoms with Gasteiger partial charge in [-0.15, -0.1) is 3.89 Å². The lowest BCUT2D eigenvalue weighted by Crippen LogP contribution is -2.40. The third kappa shape index (κ3) is 2.89. The number of benzene rings is 1. The molecule has 0 aliphatic carbocycles. The monoisotopic (exact) mass is 310 g/mol. The summed E-state index contributed by atoms with van der Waals surface area (Å²) in [6.07, 6.45) is 0. The average Bonchev–Trinajstić information content (AvgIpc) is 1.99. The fourth-order valence-electron chi connectivity index (χ4n) is 1.35. The molecule has 84 valence electrons. The molecule has 6 heteroatoms. The van der Waals surface area contributed by atoms with Crippen LogP contribution in [0, 0.1) is 0 Å². The highest BCUT2D eigenvalue weighted by molar-refractivity contribution is 9.10. The van der Waals surface area contributed by atoms with Gasteiger partial charge in [0.15, 0.2) is 0 Å². The number of hydrogen-bond acceptors (Lipinski definition) is 2. The molecule has 2 nitrogen and oxygen atoms in total. The van der Waals surface area contributed by atoms with Crippen molar-refractivity contribution in [1.82, 2.24) is 0 Å². The molecule has 0 heterocycles. The summed E-state index contributed by atoms with van der Waals surface area (Å²) in [4.78, 5) is -0.204. The van der Waals surface area contributed by atoms with Crippen molar-refractivity contribution < 1.29 is 12.3 Å². The highest BCUT2D eigenvalue weighted by Crippen LogP contribution is 2.24. The first-order chi connectivity index (χ1) is 6.64. The highest BCUT2D eigenvalue weighted by Gasteiger charge is 2.28. The molecule has 0 bridgehead atoms. The second-order valence-electron chi connectivity index (χ2n) is 4.30. The summed E-state index contributed by atoms with van der Waals surface area (Å²) in [5, 5.41) is 0.611. The first-order valence-electron chi connectivity index (χ1n) is 4.37. The molecule has 0 N–H and O–H groups in total. The van der Waals surface area contributed by atoms with Crippen LogP contribution in [0.2, 0.25) is 19.6 Å². The van der Waals surface area contributed by atoms with Crippen molar-refractivity contribution in [2.75, 3.05) is 0 Å². The molecule has 0 atom stereocenters. The lowest BCUT2D eigenvalue weighted by Gasteiger charge is -2.19. The second kappa shape index (κ2) is 3.99. The van der Waals surface area contributed by atoms with Crippen LogP contribution in [0.4, 0.5) is 3.89 Å². The standard InChI is InChI=1S/C9H12BrFO2SSi/c1-15(2,3)8-6-4-5-7(10)9(8)14(11,12)13/h4-6H,1-3H3. The summed E-state index contributed by atoms with van der Waals surface area (Å²) < 4.78 is 35.5. The highest BCUT2D eigenvalue weighted by atomic mass is 79.9. The molecule has 0 amide bonds. The van der Waals surface area contributed by atoms with Gasteiger partial charge in [-0.05, 0) is 27.2 Å². The maximum Gasteiger partial charge on any atom is 0.333 e. The fraction of sp³-hybridized carbons (Fsp3) is 0.333. The molecule has 0 saturated heterocycles. The SMILES string of the molecule is C[Si](C)(C)c1cccc(Br)c1S(=O)(=O)F. The quantitative estimate of drug-likeness (QED) is 0.621. The third-order valence-electron chi connectivity index (χ3n) is 2.02. The van der Waals surface area contributed by atoms with Crippen molar-refractivity contribution in [2.24, 2.45) is 0 Å². The van der Waals surface area contributed by atoms with Gasteiger partial charge < -0.3 is 0 Å². The van der Waals surface area contributed by atoms with Crippen LogP contribution < -0.4 is 5.19 Å². The minimum absolute atomic E-state index is 0.204. The van der Waals surface area contributed by atoms with E-state index in [0.717, 1.165) is 0 Å². The Morgan fingerprint density at radius 3 is 2.13 bits per heavy atom. The molecule has 1 rings (SSSR count). The molecule has 0 radical (unpaired) electrons. The third-order valence-corrected chi connectivity index (χ3v) is 6.08. The molecule has 1 aromatic carbocycles. The summed E-state index contributed by atoms with van der Waals surface area (Å²) in [5.74, 6) is 0. The van der Waals surface area contributed by atoms with Gasteiger partial charge in [-0.25, -0.2) is 0 Å². The van der Waals surface area contributed by atoms with Crippen molar-refractivity contribution in [2.45, 2.75) is 24.5 Å². The van der Waals surface area contributed by atoms with Gasteiger partial charge >= 0.3 is 10.2 Å². The van der Waals surface area contributed by atoms with Crippen LogP contribution in [0.5, 0.6) is 0 Å². The van der Waals surface area contributed by atoms with E-state index in [0.29, 0.717) is 9.66 Å². The zero-order chi connectivity index (χ0) is 11.9. The molecule has 0 aliphatic heterocycles. The van der Waals surface area contributed by atoms with E-state index in [4.69, 9.17) is 0 Å². The number of hydrogen-bond donors (Lipinski definition) is 0. The van der Waals surface area contributed by atoms with E-state index in [1.165, 1.54) is 6.07 Å². The molecule has 1 aromatic rings. The topological polar surface area (TPSA) is 34.1 Å². The van der Waals surface area contributed by atoms with Gasteiger partial charge in [0.25, 0.3) is 0 Å². The Balaban J connectivity index is 3.63. The summed E-state index contributed by atoms with van der Waals surface area (Å²) in [6, 6.07) is 4.95. The largest absolute Gasteiger partial charge is 0.333 e. The Hall–Kier alpha value is -0.203. The Morgan fingerprint density at radius 1 is 1.27 bits per heavy atom. The van der Waals surface area contributed by atoms with Crippen LogP contribution in [0.25, 0.3) is 0 Å². The van der Waals surface area contributed by atoms with Crippen LogP contribution in [0.1, 0.15) is 0 Å². The van der Waals surface area contributed by atoms with E-state index in [-0.39, 0.29) is 4.90 Å². The van der Waals surface area contributed by atoms with Crippen LogP contribution in [-0.4, -0.2) is 16.5 Å². The molecule has 15 heavy (non-hydrogen) atoms. The van der Waals surface area contributed by atoms with Gasteiger partial charge in [0.05, 0.1) is 8.07 Å². The Kier molecular flexibility index (Phi) is 3.42. The van der Waals surface area contributed by atoms with Crippen molar-refractivity contribution in [3.8, 4) is 0 Å². The Morgan fingerprint density at radius 2 is 1.80 bits per heavy atom. The van der Waals surface area contributed by atoms with Crippen LogP contribution >= 0.6 is 15.9 Å². The molecular weight excluding hydrogens is 299 g/mol. The van der Waals surface area contributed by atoms with E-state index < -0.39 is 18.3 Å². The lowest BCUT2D eigenvalue weighted by atomic mass is 10.4. The van der Waals surface area contributed by atoms with Gasteiger partial charge in [-0.1, -0.05) is 31.8 Å². The van der Waals surface area contributed by atoms with Crippen molar-refractivity contribution >= 4 is 39.4 Å². The van der Waals surface area contributed by atoms with Gasteiger partial charge in [-0.3, -0.25) is 0 Å². The van der Waals surface area contributed by atoms with E-state index in [9.17, 15) is 12.3 Å². The maximum atomic E-state index is 13.1. The second-order valence-corrected chi connectivity index (χ2v) is 11.5. The van der Waals surface area contributed by atoms with Crippen LogP contribution in [0.15, 0.2) is 27.6 Å². The Labute approximate surface area is 98.9 Å². The molecule has 0 unspecified atom stereocenters.